The highest BCUT2D eigenvalue weighted by Crippen LogP contribution is 2.40. The van der Waals surface area contributed by atoms with Gasteiger partial charge in [-0.25, -0.2) is 4.39 Å². The Morgan fingerprint density at radius 1 is 1.07 bits per heavy atom. The zero-order valence-electron chi connectivity index (χ0n) is 15.7. The fraction of sp³-hybridized carbons (Fsp3) is 0.381. The molecule has 0 atom stereocenters. The molecule has 0 saturated heterocycles. The van der Waals surface area contributed by atoms with Crippen molar-refractivity contribution in [2.75, 3.05) is 26.1 Å². The summed E-state index contributed by atoms with van der Waals surface area (Å²) in [5, 5.41) is 7.08. The number of halogens is 1. The van der Waals surface area contributed by atoms with Gasteiger partial charge in [-0.05, 0) is 54.9 Å². The Hall–Kier alpha value is -2.34. The lowest BCUT2D eigenvalue weighted by Crippen LogP contribution is -2.40. The van der Waals surface area contributed by atoms with Crippen molar-refractivity contribution in [1.29, 1.82) is 0 Å². The molecule has 2 aromatic carbocycles. The number of methoxy groups -OCH3 is 2. The summed E-state index contributed by atoms with van der Waals surface area (Å²) in [4.78, 5) is 0. The lowest BCUT2D eigenvalue weighted by atomic mass is 9.79. The first-order valence-electron chi connectivity index (χ1n) is 9.09. The molecule has 0 radical (unpaired) electrons. The van der Waals surface area contributed by atoms with Crippen molar-refractivity contribution in [3.05, 3.63) is 53.8 Å². The summed E-state index contributed by atoms with van der Waals surface area (Å²) in [6, 6.07) is 12.4. The number of ether oxygens (including phenoxy) is 2. The van der Waals surface area contributed by atoms with Gasteiger partial charge in [0.2, 0.25) is 0 Å². The standard InChI is InChI=1S/C21H25FN2O2S/c1-25-17-9-10-18(19(13-17)26-2)24-20(27)23-14-21(11-3-4-12-21)15-5-7-16(22)8-6-15/h5-10,13H,3-4,11-12,14H2,1-2H3,(H2,23,24,27). The molecule has 0 unspecified atom stereocenters. The number of hydrogen-bond donors (Lipinski definition) is 2. The second-order valence-electron chi connectivity index (χ2n) is 6.87. The maximum atomic E-state index is 13.3. The number of nitrogens with one attached hydrogen (secondary N) is 2. The first kappa shape index (κ1) is 19.4. The van der Waals surface area contributed by atoms with Crippen LogP contribution in [0.3, 0.4) is 0 Å². The van der Waals surface area contributed by atoms with Crippen molar-refractivity contribution < 1.29 is 13.9 Å². The molecule has 2 N–H and O–H groups in total. The fourth-order valence-corrected chi connectivity index (χ4v) is 3.92. The average molecular weight is 389 g/mol. The summed E-state index contributed by atoms with van der Waals surface area (Å²) in [5.41, 5.74) is 1.93. The van der Waals surface area contributed by atoms with Gasteiger partial charge in [0, 0.05) is 18.0 Å². The number of rotatable bonds is 6. The van der Waals surface area contributed by atoms with Crippen LogP contribution in [0.15, 0.2) is 42.5 Å². The number of thiocarbonyl (C=S) groups is 1. The molecule has 27 heavy (non-hydrogen) atoms. The minimum atomic E-state index is -0.205. The van der Waals surface area contributed by atoms with Crippen molar-refractivity contribution in [2.24, 2.45) is 0 Å². The zero-order chi connectivity index (χ0) is 19.3. The summed E-state index contributed by atoms with van der Waals surface area (Å²) < 4.78 is 23.9. The van der Waals surface area contributed by atoms with E-state index in [1.54, 1.807) is 14.2 Å². The van der Waals surface area contributed by atoms with Crippen molar-refractivity contribution in [1.82, 2.24) is 5.32 Å². The highest BCUT2D eigenvalue weighted by atomic mass is 32.1. The lowest BCUT2D eigenvalue weighted by molar-refractivity contribution is 0.395. The largest absolute Gasteiger partial charge is 0.497 e. The number of hydrogen-bond acceptors (Lipinski definition) is 3. The topological polar surface area (TPSA) is 42.5 Å². The van der Waals surface area contributed by atoms with E-state index < -0.39 is 0 Å². The van der Waals surface area contributed by atoms with Crippen LogP contribution in [0.4, 0.5) is 10.1 Å². The molecule has 6 heteroatoms. The van der Waals surface area contributed by atoms with Gasteiger partial charge < -0.3 is 20.1 Å². The Balaban J connectivity index is 1.68. The van der Waals surface area contributed by atoms with E-state index in [1.165, 1.54) is 30.5 Å². The molecule has 144 valence electrons. The van der Waals surface area contributed by atoms with Crippen LogP contribution in [0.5, 0.6) is 11.5 Å². The average Bonchev–Trinajstić information content (AvgIpc) is 3.17. The summed E-state index contributed by atoms with van der Waals surface area (Å²) >= 11 is 5.49. The summed E-state index contributed by atoms with van der Waals surface area (Å²) in [5.74, 6) is 1.17. The molecule has 0 bridgehead atoms. The van der Waals surface area contributed by atoms with Gasteiger partial charge in [0.15, 0.2) is 5.11 Å². The first-order valence-corrected chi connectivity index (χ1v) is 9.50. The molecule has 0 amide bonds. The second kappa shape index (κ2) is 8.57. The van der Waals surface area contributed by atoms with Gasteiger partial charge in [-0.15, -0.1) is 0 Å². The Morgan fingerprint density at radius 3 is 2.41 bits per heavy atom. The third kappa shape index (κ3) is 4.50. The first-order chi connectivity index (χ1) is 13.1. The lowest BCUT2D eigenvalue weighted by Gasteiger charge is -2.30. The molecule has 4 nitrogen and oxygen atoms in total. The predicted molar refractivity (Wildman–Crippen MR) is 110 cm³/mol. The minimum Gasteiger partial charge on any atom is -0.497 e. The van der Waals surface area contributed by atoms with E-state index in [0.29, 0.717) is 17.4 Å². The van der Waals surface area contributed by atoms with Gasteiger partial charge in [-0.2, -0.15) is 0 Å². The molecule has 1 aliphatic rings. The van der Waals surface area contributed by atoms with Crippen molar-refractivity contribution in [3.63, 3.8) is 0 Å². The molecule has 0 aromatic heterocycles. The summed E-state index contributed by atoms with van der Waals surface area (Å²) in [7, 11) is 3.23. The zero-order valence-corrected chi connectivity index (χ0v) is 16.5. The molecule has 2 aromatic rings. The Labute approximate surface area is 165 Å². The number of benzene rings is 2. The van der Waals surface area contributed by atoms with Crippen LogP contribution in [0.1, 0.15) is 31.2 Å². The molecule has 0 heterocycles. The highest BCUT2D eigenvalue weighted by Gasteiger charge is 2.35. The summed E-state index contributed by atoms with van der Waals surface area (Å²) in [6.45, 7) is 0.711. The molecule has 0 aliphatic heterocycles. The van der Waals surface area contributed by atoms with Crippen molar-refractivity contribution >= 4 is 23.0 Å². The molecular weight excluding hydrogens is 363 g/mol. The summed E-state index contributed by atoms with van der Waals surface area (Å²) in [6.07, 6.45) is 4.48. The van der Waals surface area contributed by atoms with Gasteiger partial charge in [-0.1, -0.05) is 25.0 Å². The van der Waals surface area contributed by atoms with E-state index in [9.17, 15) is 4.39 Å². The van der Waals surface area contributed by atoms with Crippen molar-refractivity contribution in [2.45, 2.75) is 31.1 Å². The quantitative estimate of drug-likeness (QED) is 0.706. The van der Waals surface area contributed by atoms with E-state index in [1.807, 2.05) is 30.3 Å². The molecule has 3 rings (SSSR count). The third-order valence-corrected chi connectivity index (χ3v) is 5.51. The minimum absolute atomic E-state index is 0.0105. The van der Waals surface area contributed by atoms with E-state index in [2.05, 4.69) is 10.6 Å². The maximum absolute atomic E-state index is 13.3. The van der Waals surface area contributed by atoms with Gasteiger partial charge in [0.25, 0.3) is 0 Å². The SMILES string of the molecule is COc1ccc(NC(=S)NCC2(c3ccc(F)cc3)CCCC2)c(OC)c1. The highest BCUT2D eigenvalue weighted by molar-refractivity contribution is 7.80. The van der Waals surface area contributed by atoms with Gasteiger partial charge >= 0.3 is 0 Å². The van der Waals surface area contributed by atoms with Crippen LogP contribution in [-0.2, 0) is 5.41 Å². The van der Waals surface area contributed by atoms with Crippen molar-refractivity contribution in [3.8, 4) is 11.5 Å². The predicted octanol–water partition coefficient (Wildman–Crippen LogP) is 4.64. The molecule has 0 spiro atoms. The Bertz CT molecular complexity index is 789. The van der Waals surface area contributed by atoms with Crippen LogP contribution in [-0.4, -0.2) is 25.9 Å². The van der Waals surface area contributed by atoms with Crippen LogP contribution in [0.25, 0.3) is 0 Å². The third-order valence-electron chi connectivity index (χ3n) is 5.26. The number of anilines is 1. The fourth-order valence-electron chi connectivity index (χ4n) is 3.74. The van der Waals surface area contributed by atoms with E-state index in [-0.39, 0.29) is 11.2 Å². The second-order valence-corrected chi connectivity index (χ2v) is 7.28. The van der Waals surface area contributed by atoms with Gasteiger partial charge in [0.05, 0.1) is 19.9 Å². The van der Waals surface area contributed by atoms with Gasteiger partial charge in [-0.3, -0.25) is 0 Å². The Morgan fingerprint density at radius 2 is 1.78 bits per heavy atom. The smallest absolute Gasteiger partial charge is 0.170 e. The molecule has 1 saturated carbocycles. The van der Waals surface area contributed by atoms with E-state index in [4.69, 9.17) is 21.7 Å². The van der Waals surface area contributed by atoms with Crippen LogP contribution >= 0.6 is 12.2 Å². The monoisotopic (exact) mass is 388 g/mol. The molecule has 1 fully saturated rings. The molecule has 1 aliphatic carbocycles. The van der Waals surface area contributed by atoms with Crippen LogP contribution in [0, 0.1) is 5.82 Å². The Kier molecular flexibility index (Phi) is 6.16. The van der Waals surface area contributed by atoms with Crippen LogP contribution < -0.4 is 20.1 Å². The normalized spacial score (nSPS) is 15.2. The van der Waals surface area contributed by atoms with E-state index >= 15 is 0 Å². The molecular formula is C21H25FN2O2S. The van der Waals surface area contributed by atoms with Crippen LogP contribution in [0.2, 0.25) is 0 Å². The maximum Gasteiger partial charge on any atom is 0.170 e. The van der Waals surface area contributed by atoms with E-state index in [0.717, 1.165) is 24.3 Å². The van der Waals surface area contributed by atoms with Gasteiger partial charge in [0.1, 0.15) is 17.3 Å².